The molecule has 3 unspecified atom stereocenters. The van der Waals surface area contributed by atoms with Crippen molar-refractivity contribution in [2.24, 2.45) is 5.92 Å². The number of ketones is 1. The van der Waals surface area contributed by atoms with Gasteiger partial charge in [0.2, 0.25) is 5.91 Å². The number of anilines is 1. The maximum atomic E-state index is 14.3. The Bertz CT molecular complexity index is 1830. The predicted molar refractivity (Wildman–Crippen MR) is 212 cm³/mol. The van der Waals surface area contributed by atoms with Gasteiger partial charge < -0.3 is 34.5 Å². The van der Waals surface area contributed by atoms with Gasteiger partial charge in [-0.2, -0.15) is 0 Å². The molecule has 298 valence electrons. The fraction of sp³-hybridized carbons (Fsp3) is 0.488. The topological polar surface area (TPSA) is 164 Å². The summed E-state index contributed by atoms with van der Waals surface area (Å²) in [6.07, 6.45) is 2.07. The maximum absolute atomic E-state index is 14.3. The number of ether oxygens (including phenoxy) is 2. The van der Waals surface area contributed by atoms with Crippen molar-refractivity contribution in [3.05, 3.63) is 83.1 Å². The lowest BCUT2D eigenvalue weighted by molar-refractivity contribution is -0.154. The van der Waals surface area contributed by atoms with Gasteiger partial charge in [0.1, 0.15) is 25.0 Å². The number of benzene rings is 2. The molecule has 13 nitrogen and oxygen atoms in total. The van der Waals surface area contributed by atoms with Crippen LogP contribution in [0.3, 0.4) is 0 Å². The number of nitrogens with zero attached hydrogens (tertiary/aromatic N) is 2. The Morgan fingerprint density at radius 2 is 1.67 bits per heavy atom. The van der Waals surface area contributed by atoms with Crippen molar-refractivity contribution in [3.63, 3.8) is 0 Å². The monoisotopic (exact) mass is 776 g/mol. The lowest BCUT2D eigenvalue weighted by Crippen LogP contribution is -2.57. The summed E-state index contributed by atoms with van der Waals surface area (Å²) >= 11 is 0. The van der Waals surface area contributed by atoms with E-state index in [9.17, 15) is 29.1 Å². The van der Waals surface area contributed by atoms with E-state index in [0.29, 0.717) is 24.1 Å². The van der Waals surface area contributed by atoms with Crippen molar-refractivity contribution in [1.82, 2.24) is 15.5 Å². The summed E-state index contributed by atoms with van der Waals surface area (Å²) in [7, 11) is -2.54. The number of carbonyl (C=O) groups excluding carboxylic acids is 5. The predicted octanol–water partition coefficient (Wildman–Crippen LogP) is 6.24. The Kier molecular flexibility index (Phi) is 13.5. The number of aryl methyl sites for hydroxylation is 1. The smallest absolute Gasteiger partial charge is 0.416 e. The molecule has 0 bridgehead atoms. The van der Waals surface area contributed by atoms with Gasteiger partial charge in [-0.3, -0.25) is 14.4 Å². The maximum Gasteiger partial charge on any atom is 0.416 e. The van der Waals surface area contributed by atoms with E-state index in [0.717, 1.165) is 11.1 Å². The van der Waals surface area contributed by atoms with Crippen LogP contribution in [0, 0.1) is 12.8 Å². The first-order chi connectivity index (χ1) is 25.7. The van der Waals surface area contributed by atoms with E-state index in [-0.39, 0.29) is 47.1 Å². The molecule has 0 saturated heterocycles. The molecule has 3 amide bonds. The quantitative estimate of drug-likeness (QED) is 0.0866. The van der Waals surface area contributed by atoms with Gasteiger partial charge >= 0.3 is 12.1 Å². The fourth-order valence-corrected chi connectivity index (χ4v) is 7.28. The zero-order chi connectivity index (χ0) is 41.0. The van der Waals surface area contributed by atoms with Crippen molar-refractivity contribution in [2.75, 3.05) is 11.5 Å². The third kappa shape index (κ3) is 9.91. The Balaban J connectivity index is 1.48. The Hall–Kier alpha value is -4.79. The van der Waals surface area contributed by atoms with Gasteiger partial charge in [0, 0.05) is 18.8 Å². The van der Waals surface area contributed by atoms with Crippen LogP contribution in [0.2, 0.25) is 18.1 Å². The van der Waals surface area contributed by atoms with Crippen molar-refractivity contribution < 1.29 is 43.0 Å². The van der Waals surface area contributed by atoms with Crippen LogP contribution in [0.15, 0.2) is 60.8 Å². The van der Waals surface area contributed by atoms with E-state index < -0.39 is 56.4 Å². The second-order valence-corrected chi connectivity index (χ2v) is 21.0. The molecule has 0 fully saturated rings. The molecule has 2 aromatic rings. The minimum absolute atomic E-state index is 0.0580. The molecular formula is C41H56N4O9Si. The van der Waals surface area contributed by atoms with Gasteiger partial charge in [-0.1, -0.05) is 77.1 Å². The summed E-state index contributed by atoms with van der Waals surface area (Å²) in [6, 6.07) is 8.09. The third-order valence-corrected chi connectivity index (χ3v) is 14.9. The molecule has 0 aromatic heterocycles. The minimum atomic E-state index is -2.54. The number of fused-ring (bicyclic) bond motifs is 2. The molecule has 55 heavy (non-hydrogen) atoms. The Morgan fingerprint density at radius 1 is 1.04 bits per heavy atom. The van der Waals surface area contributed by atoms with Crippen LogP contribution in [0.4, 0.5) is 10.5 Å². The molecule has 0 spiro atoms. The van der Waals surface area contributed by atoms with Gasteiger partial charge in [0.05, 0.1) is 23.3 Å². The largest absolute Gasteiger partial charge is 0.508 e. The number of hydrogen-bond donors (Lipinski definition) is 3. The molecule has 2 heterocycles. The molecular weight excluding hydrogens is 721 g/mol. The van der Waals surface area contributed by atoms with E-state index >= 15 is 0 Å². The SMILES string of the molecule is C=CCOC(=O)C(=O)[C@@H](NC(=O)C(C)NCc1ccc(COC(=O)N2c3cc(O)c(C)cc3C(=O)N3C=C(C)CC3C2O[Si](C)(C)C(C)(C)C)cc1)C(C)C. The van der Waals surface area contributed by atoms with E-state index in [1.54, 1.807) is 38.7 Å². The van der Waals surface area contributed by atoms with Crippen molar-refractivity contribution >= 4 is 43.7 Å². The van der Waals surface area contributed by atoms with E-state index in [2.05, 4.69) is 51.1 Å². The van der Waals surface area contributed by atoms with Crippen molar-refractivity contribution in [2.45, 2.75) is 117 Å². The average Bonchev–Trinajstić information content (AvgIpc) is 3.48. The normalized spacial score (nSPS) is 18.1. The lowest BCUT2D eigenvalue weighted by Gasteiger charge is -2.44. The fourth-order valence-electron chi connectivity index (χ4n) is 6.06. The van der Waals surface area contributed by atoms with Crippen LogP contribution in [-0.2, 0) is 41.4 Å². The zero-order valence-electron chi connectivity index (χ0n) is 33.6. The van der Waals surface area contributed by atoms with Gasteiger partial charge in [-0.15, -0.1) is 0 Å². The zero-order valence-corrected chi connectivity index (χ0v) is 34.6. The summed E-state index contributed by atoms with van der Waals surface area (Å²) in [4.78, 5) is 69.0. The number of amides is 3. The second kappa shape index (κ2) is 17.3. The van der Waals surface area contributed by atoms with Crippen LogP contribution < -0.4 is 15.5 Å². The second-order valence-electron chi connectivity index (χ2n) is 16.2. The molecule has 2 aromatic carbocycles. The summed E-state index contributed by atoms with van der Waals surface area (Å²) < 4.78 is 17.8. The highest BCUT2D eigenvalue weighted by Gasteiger charge is 2.50. The van der Waals surface area contributed by atoms with Gasteiger partial charge in [-0.25, -0.2) is 14.5 Å². The first-order valence-corrected chi connectivity index (χ1v) is 21.5. The standard InChI is InChI=1S/C41H56N4O9Si/c1-12-17-52-39(50)35(47)34(24(2)3)43-36(48)27(6)42-21-28-13-15-29(16-14-28)23-53-40(51)45-31-20-33(46)26(5)19-30(31)37(49)44-22-25(4)18-32(44)38(45)54-55(10,11)41(7,8)9/h12-16,19-20,22,24,27,32,34,38,42,46H,1,17-18,21,23H2,2-11H3,(H,43,48)/t27?,32?,34-,38?/m0/s1. The summed E-state index contributed by atoms with van der Waals surface area (Å²) in [6.45, 7) is 22.8. The number of esters is 1. The van der Waals surface area contributed by atoms with E-state index in [1.165, 1.54) is 17.0 Å². The van der Waals surface area contributed by atoms with Crippen LogP contribution in [0.5, 0.6) is 5.75 Å². The van der Waals surface area contributed by atoms with Crippen molar-refractivity contribution in [3.8, 4) is 5.75 Å². The third-order valence-electron chi connectivity index (χ3n) is 10.5. The summed E-state index contributed by atoms with van der Waals surface area (Å²) in [5.41, 5.74) is 3.51. The number of phenols is 1. The first-order valence-electron chi connectivity index (χ1n) is 18.6. The van der Waals surface area contributed by atoms with Crippen LogP contribution in [0.25, 0.3) is 0 Å². The summed E-state index contributed by atoms with van der Waals surface area (Å²) in [5.74, 6) is -3.00. The highest BCUT2D eigenvalue weighted by Crippen LogP contribution is 2.44. The number of rotatable bonds is 14. The highest BCUT2D eigenvalue weighted by molar-refractivity contribution is 6.74. The number of aromatic hydroxyl groups is 1. The molecule has 3 N–H and O–H groups in total. The number of carbonyl (C=O) groups is 5. The lowest BCUT2D eigenvalue weighted by atomic mass is 9.99. The molecule has 14 heteroatoms. The Morgan fingerprint density at radius 3 is 2.27 bits per heavy atom. The van der Waals surface area contributed by atoms with Gasteiger partial charge in [0.25, 0.3) is 11.7 Å². The minimum Gasteiger partial charge on any atom is -0.508 e. The average molecular weight is 777 g/mol. The van der Waals surface area contributed by atoms with E-state index in [4.69, 9.17) is 13.9 Å². The van der Waals surface area contributed by atoms with Crippen LogP contribution in [-0.4, -0.2) is 78.9 Å². The van der Waals surface area contributed by atoms with Gasteiger partial charge in [-0.05, 0) is 74.0 Å². The molecule has 2 aliphatic heterocycles. The molecule has 2 aliphatic rings. The molecule has 4 atom stereocenters. The number of nitrogens with one attached hydrogen (secondary N) is 2. The number of Topliss-reactive ketones (excluding diaryl/α,β-unsaturated/α-hetero) is 1. The van der Waals surface area contributed by atoms with Crippen molar-refractivity contribution in [1.29, 1.82) is 0 Å². The van der Waals surface area contributed by atoms with Crippen LogP contribution in [0.1, 0.15) is 81.9 Å². The number of phenolic OH excluding ortho intramolecular Hbond substituents is 1. The molecule has 4 rings (SSSR count). The van der Waals surface area contributed by atoms with Crippen LogP contribution >= 0.6 is 0 Å². The molecule has 0 saturated carbocycles. The first kappa shape index (κ1) is 42.9. The molecule has 0 radical (unpaired) electrons. The highest BCUT2D eigenvalue weighted by atomic mass is 28.4. The number of hydrogen-bond acceptors (Lipinski definition) is 10. The Labute approximate surface area is 325 Å². The van der Waals surface area contributed by atoms with Gasteiger partial charge in [0.15, 0.2) is 14.5 Å². The van der Waals surface area contributed by atoms with E-state index in [1.807, 2.05) is 37.4 Å². The summed E-state index contributed by atoms with van der Waals surface area (Å²) in [5, 5.41) is 16.4. The molecule has 0 aliphatic carbocycles.